The molecule has 0 aliphatic rings. The molecule has 0 spiro atoms. The first-order chi connectivity index (χ1) is 28.8. The van der Waals surface area contributed by atoms with Crippen molar-refractivity contribution in [3.8, 4) is 0 Å². The largest absolute Gasteiger partial charge is 0.456 e. The fourth-order valence-electron chi connectivity index (χ4n) is 9.04. The van der Waals surface area contributed by atoms with Crippen LogP contribution in [0, 0.1) is 0 Å². The first kappa shape index (κ1) is 32.8. The molecule has 0 aliphatic heterocycles. The average molecular weight is 759 g/mol. The Morgan fingerprint density at radius 1 is 0.293 bits per heavy atom. The van der Waals surface area contributed by atoms with Gasteiger partial charge in [0.2, 0.25) is 0 Å². The predicted molar refractivity (Wildman–Crippen MR) is 248 cm³/mol. The highest BCUT2D eigenvalue weighted by Crippen LogP contribution is 2.48. The van der Waals surface area contributed by atoms with Gasteiger partial charge in [-0.05, 0) is 117 Å². The van der Waals surface area contributed by atoms with Gasteiger partial charge in [0.25, 0.3) is 0 Å². The van der Waals surface area contributed by atoms with Gasteiger partial charge in [0.1, 0.15) is 11.2 Å². The van der Waals surface area contributed by atoms with E-state index in [4.69, 9.17) is 4.42 Å². The van der Waals surface area contributed by atoms with E-state index in [-0.39, 0.29) is 0 Å². The maximum atomic E-state index is 6.31. The van der Waals surface area contributed by atoms with Gasteiger partial charge in [-0.25, -0.2) is 0 Å². The Hall–Kier alpha value is -7.40. The van der Waals surface area contributed by atoms with Crippen molar-refractivity contribution in [1.82, 2.24) is 0 Å². The predicted octanol–water partition coefficient (Wildman–Crippen LogP) is 16.4. The summed E-state index contributed by atoms with van der Waals surface area (Å²) in [6.45, 7) is 0. The lowest BCUT2D eigenvalue weighted by Gasteiger charge is -2.27. The quantitative estimate of drug-likeness (QED) is 0.157. The fraction of sp³-hybridized carbons (Fsp3) is 0. The van der Waals surface area contributed by atoms with Gasteiger partial charge in [0.15, 0.2) is 0 Å². The molecule has 0 saturated heterocycles. The summed E-state index contributed by atoms with van der Waals surface area (Å²) < 4.78 is 8.80. The Labute approximate surface area is 338 Å². The number of rotatable bonds is 6. The molecule has 0 fully saturated rings. The number of fused-ring (bicyclic) bond motifs is 12. The van der Waals surface area contributed by atoms with Crippen LogP contribution in [0.2, 0.25) is 0 Å². The van der Waals surface area contributed by atoms with E-state index in [1.165, 1.54) is 52.5 Å². The second-order valence-corrected chi connectivity index (χ2v) is 16.0. The second-order valence-electron chi connectivity index (χ2n) is 14.9. The van der Waals surface area contributed by atoms with Crippen LogP contribution >= 0.6 is 11.3 Å². The minimum atomic E-state index is 0.884. The van der Waals surface area contributed by atoms with Gasteiger partial charge < -0.3 is 14.2 Å². The van der Waals surface area contributed by atoms with E-state index in [0.29, 0.717) is 0 Å². The van der Waals surface area contributed by atoms with Crippen LogP contribution in [0.4, 0.5) is 34.1 Å². The number of benzene rings is 10. The molecule has 2 heterocycles. The minimum absolute atomic E-state index is 0.884. The zero-order chi connectivity index (χ0) is 38.2. The number of thiophene rings is 1. The Kier molecular flexibility index (Phi) is 7.40. The van der Waals surface area contributed by atoms with E-state index < -0.39 is 0 Å². The molecule has 10 aromatic carbocycles. The van der Waals surface area contributed by atoms with Crippen molar-refractivity contribution in [3.63, 3.8) is 0 Å². The van der Waals surface area contributed by atoms with E-state index in [1.807, 2.05) is 23.5 Å². The smallest absolute Gasteiger partial charge is 0.135 e. The van der Waals surface area contributed by atoms with Crippen LogP contribution in [-0.4, -0.2) is 0 Å². The molecular weight excluding hydrogens is 725 g/mol. The molecule has 2 aromatic heterocycles. The van der Waals surface area contributed by atoms with Crippen molar-refractivity contribution in [1.29, 1.82) is 0 Å². The summed E-state index contributed by atoms with van der Waals surface area (Å²) >= 11 is 1.85. The first-order valence-electron chi connectivity index (χ1n) is 19.7. The number of furan rings is 1. The normalized spacial score (nSPS) is 11.8. The molecule has 0 amide bonds. The maximum Gasteiger partial charge on any atom is 0.135 e. The topological polar surface area (TPSA) is 19.6 Å². The van der Waals surface area contributed by atoms with Crippen LogP contribution < -0.4 is 9.80 Å². The highest BCUT2D eigenvalue weighted by atomic mass is 32.1. The fourth-order valence-corrected chi connectivity index (χ4v) is 10.2. The molecule has 4 heteroatoms. The molecule has 12 rings (SSSR count). The molecule has 0 bridgehead atoms. The standard InChI is InChI=1S/C54H34N2OS/c1-3-14-35(15-4-1)56(36-16-5-2-6-17-36)49-23-13-25-52-54(49)46-30-27-39(34-53(46)58-52)55(38-28-31-51-48(33-38)45-22-11-12-24-50(45)57-51)37-26-29-44-42-20-8-7-18-40(42)41-19-9-10-21-43(41)47(44)32-37/h1-34H. The maximum absolute atomic E-state index is 6.31. The molecule has 0 atom stereocenters. The Morgan fingerprint density at radius 2 is 0.793 bits per heavy atom. The van der Waals surface area contributed by atoms with Gasteiger partial charge in [0.05, 0.1) is 5.69 Å². The molecule has 3 nitrogen and oxygen atoms in total. The summed E-state index contributed by atoms with van der Waals surface area (Å²) in [5.74, 6) is 0. The molecule has 272 valence electrons. The first-order valence-corrected chi connectivity index (χ1v) is 20.5. The molecule has 0 saturated carbocycles. The van der Waals surface area contributed by atoms with Crippen LogP contribution in [0.5, 0.6) is 0 Å². The zero-order valence-electron chi connectivity index (χ0n) is 31.3. The van der Waals surface area contributed by atoms with Crippen molar-refractivity contribution < 1.29 is 4.42 Å². The van der Waals surface area contributed by atoms with Crippen LogP contribution in [0.25, 0.3) is 74.4 Å². The van der Waals surface area contributed by atoms with Gasteiger partial charge in [-0.3, -0.25) is 0 Å². The van der Waals surface area contributed by atoms with Crippen molar-refractivity contribution in [2.24, 2.45) is 0 Å². The summed E-state index contributed by atoms with van der Waals surface area (Å²) in [4.78, 5) is 4.79. The van der Waals surface area contributed by atoms with E-state index in [0.717, 1.165) is 56.1 Å². The number of hydrogen-bond acceptors (Lipinski definition) is 4. The lowest BCUT2D eigenvalue weighted by molar-refractivity contribution is 0.669. The van der Waals surface area contributed by atoms with Crippen LogP contribution in [0.15, 0.2) is 211 Å². The van der Waals surface area contributed by atoms with Gasteiger partial charge in [-0.15, -0.1) is 11.3 Å². The molecule has 0 aliphatic carbocycles. The number of para-hydroxylation sites is 3. The van der Waals surface area contributed by atoms with E-state index in [2.05, 4.69) is 204 Å². The lowest BCUT2D eigenvalue weighted by atomic mass is 9.94. The Balaban J connectivity index is 1.09. The molecule has 58 heavy (non-hydrogen) atoms. The lowest BCUT2D eigenvalue weighted by Crippen LogP contribution is -2.10. The molecule has 0 N–H and O–H groups in total. The number of nitrogens with zero attached hydrogens (tertiary/aromatic N) is 2. The minimum Gasteiger partial charge on any atom is -0.456 e. The SMILES string of the molecule is c1ccc(N(c2ccccc2)c2cccc3sc4cc(N(c5ccc6oc7ccccc7c6c5)c5ccc6c7ccccc7c7ccccc7c6c5)ccc4c23)cc1. The van der Waals surface area contributed by atoms with Crippen molar-refractivity contribution >= 4 is 120 Å². The monoisotopic (exact) mass is 758 g/mol. The van der Waals surface area contributed by atoms with Gasteiger partial charge >= 0.3 is 0 Å². The molecule has 0 radical (unpaired) electrons. The number of anilines is 6. The molecule has 0 unspecified atom stereocenters. The summed E-state index contributed by atoms with van der Waals surface area (Å²) in [7, 11) is 0. The van der Waals surface area contributed by atoms with Crippen molar-refractivity contribution in [2.45, 2.75) is 0 Å². The van der Waals surface area contributed by atoms with Gasteiger partial charge in [-0.2, -0.15) is 0 Å². The van der Waals surface area contributed by atoms with E-state index >= 15 is 0 Å². The Morgan fingerprint density at radius 3 is 1.47 bits per heavy atom. The van der Waals surface area contributed by atoms with Gasteiger partial charge in [-0.1, -0.05) is 121 Å². The number of hydrogen-bond donors (Lipinski definition) is 0. The van der Waals surface area contributed by atoms with Crippen molar-refractivity contribution in [2.75, 3.05) is 9.80 Å². The Bertz CT molecular complexity index is 3460. The van der Waals surface area contributed by atoms with Crippen molar-refractivity contribution in [3.05, 3.63) is 206 Å². The highest BCUT2D eigenvalue weighted by Gasteiger charge is 2.21. The van der Waals surface area contributed by atoms with E-state index in [9.17, 15) is 0 Å². The summed E-state index contributed by atoms with van der Waals surface area (Å²) in [5, 5.41) is 12.3. The van der Waals surface area contributed by atoms with Gasteiger partial charge in [0, 0.05) is 59.4 Å². The zero-order valence-corrected chi connectivity index (χ0v) is 32.2. The summed E-state index contributed by atoms with van der Waals surface area (Å²) in [5.41, 5.74) is 8.47. The third kappa shape index (κ3) is 5.12. The summed E-state index contributed by atoms with van der Waals surface area (Å²) in [6.07, 6.45) is 0. The third-order valence-electron chi connectivity index (χ3n) is 11.6. The second kappa shape index (κ2) is 13.1. The third-order valence-corrected chi connectivity index (χ3v) is 12.7. The molecular formula is C54H34N2OS. The molecule has 12 aromatic rings. The van der Waals surface area contributed by atoms with Crippen LogP contribution in [0.3, 0.4) is 0 Å². The average Bonchev–Trinajstić information content (AvgIpc) is 3.86. The summed E-state index contributed by atoms with van der Waals surface area (Å²) in [6, 6.07) is 74.5. The van der Waals surface area contributed by atoms with E-state index in [1.54, 1.807) is 0 Å². The van der Waals surface area contributed by atoms with Crippen LogP contribution in [-0.2, 0) is 0 Å². The van der Waals surface area contributed by atoms with Crippen LogP contribution in [0.1, 0.15) is 0 Å². The highest BCUT2D eigenvalue weighted by molar-refractivity contribution is 7.26.